The maximum atomic E-state index is 11.5. The van der Waals surface area contributed by atoms with Gasteiger partial charge in [-0.25, -0.2) is 0 Å². The van der Waals surface area contributed by atoms with E-state index in [1.54, 1.807) is 19.1 Å². The Hall–Kier alpha value is -0.923. The van der Waals surface area contributed by atoms with Crippen LogP contribution >= 0.6 is 0 Å². The van der Waals surface area contributed by atoms with E-state index in [1.807, 2.05) is 6.55 Å². The first-order valence-corrected chi connectivity index (χ1v) is 8.97. The van der Waals surface area contributed by atoms with Crippen molar-refractivity contribution in [2.45, 2.75) is 32.9 Å². The van der Waals surface area contributed by atoms with E-state index in [-0.39, 0.29) is 11.8 Å². The fourth-order valence-electron chi connectivity index (χ4n) is 1.67. The first kappa shape index (κ1) is 18.1. The molecule has 0 heterocycles. The van der Waals surface area contributed by atoms with Crippen molar-refractivity contribution in [1.29, 1.82) is 0 Å². The lowest BCUT2D eigenvalue weighted by Crippen LogP contribution is -2.40. The van der Waals surface area contributed by atoms with Gasteiger partial charge in [0.05, 0.1) is 0 Å². The number of carbonyl (C=O) groups excluding carboxylic acids is 2. The average molecular weight is 290 g/mol. The summed E-state index contributed by atoms with van der Waals surface area (Å²) in [5, 5.41) is 2.69. The largest absolute Gasteiger partial charge is 0.398 e. The zero-order chi connectivity index (χ0) is 14.9. The van der Waals surface area contributed by atoms with Gasteiger partial charge in [-0.05, 0) is 19.0 Å². The molecule has 19 heavy (non-hydrogen) atoms. The van der Waals surface area contributed by atoms with Crippen LogP contribution in [0.2, 0.25) is 12.6 Å². The third-order valence-electron chi connectivity index (χ3n) is 3.12. The highest BCUT2D eigenvalue weighted by atomic mass is 28.4. The highest BCUT2D eigenvalue weighted by molar-refractivity contribution is 6.65. The molecule has 0 unspecified atom stereocenters. The van der Waals surface area contributed by atoms with Crippen molar-refractivity contribution in [3.63, 3.8) is 0 Å². The van der Waals surface area contributed by atoms with Gasteiger partial charge in [0.1, 0.15) is 0 Å². The molecule has 0 rings (SSSR count). The van der Waals surface area contributed by atoms with Crippen LogP contribution in [0, 0.1) is 0 Å². The van der Waals surface area contributed by atoms with E-state index in [9.17, 15) is 9.59 Å². The third kappa shape index (κ3) is 7.96. The monoisotopic (exact) mass is 290 g/mol. The quantitative estimate of drug-likeness (QED) is 0.636. The lowest BCUT2D eigenvalue weighted by Gasteiger charge is -2.25. The average Bonchev–Trinajstić information content (AvgIpc) is 2.36. The van der Waals surface area contributed by atoms with Crippen LogP contribution < -0.4 is 5.32 Å². The van der Waals surface area contributed by atoms with Crippen LogP contribution in [0.5, 0.6) is 0 Å². The molecule has 0 aliphatic carbocycles. The molecule has 0 aromatic carbocycles. The number of carbonyl (C=O) groups is 2. The van der Waals surface area contributed by atoms with Crippen LogP contribution in [0.15, 0.2) is 0 Å². The molecule has 0 radical (unpaired) electrons. The fourth-order valence-corrected chi connectivity index (χ4v) is 3.05. The van der Waals surface area contributed by atoms with Crippen LogP contribution in [0.25, 0.3) is 0 Å². The Morgan fingerprint density at radius 2 is 1.74 bits per heavy atom. The molecule has 6 nitrogen and oxygen atoms in total. The second-order valence-corrected chi connectivity index (χ2v) is 8.22. The maximum absolute atomic E-state index is 11.5. The van der Waals surface area contributed by atoms with Crippen molar-refractivity contribution in [2.24, 2.45) is 0 Å². The molecule has 2 amide bonds. The standard InChI is InChI=1S/C12H26N2O4Si/c1-11(15)13-7-9-14(12(2)16)8-6-10-19(5,17-3)18-4/h6-10H2,1-5H3,(H,13,15). The maximum Gasteiger partial charge on any atom is 0.334 e. The molecule has 0 bridgehead atoms. The van der Waals surface area contributed by atoms with E-state index in [2.05, 4.69) is 5.32 Å². The van der Waals surface area contributed by atoms with Crippen molar-refractivity contribution < 1.29 is 18.4 Å². The summed E-state index contributed by atoms with van der Waals surface area (Å²) in [5.41, 5.74) is 0. The Balaban J connectivity index is 4.08. The van der Waals surface area contributed by atoms with E-state index in [1.165, 1.54) is 13.8 Å². The second kappa shape index (κ2) is 9.06. The number of hydrogen-bond acceptors (Lipinski definition) is 4. The van der Waals surface area contributed by atoms with Crippen molar-refractivity contribution in [2.75, 3.05) is 33.9 Å². The smallest absolute Gasteiger partial charge is 0.334 e. The highest BCUT2D eigenvalue weighted by Gasteiger charge is 2.28. The Morgan fingerprint density at radius 3 is 2.16 bits per heavy atom. The number of nitrogens with one attached hydrogen (secondary N) is 1. The van der Waals surface area contributed by atoms with Gasteiger partial charge < -0.3 is 19.1 Å². The first-order valence-electron chi connectivity index (χ1n) is 6.45. The van der Waals surface area contributed by atoms with Gasteiger partial charge in [0, 0.05) is 47.7 Å². The Labute approximate surface area is 116 Å². The van der Waals surface area contributed by atoms with E-state index in [4.69, 9.17) is 8.85 Å². The van der Waals surface area contributed by atoms with Gasteiger partial charge in [0.2, 0.25) is 11.8 Å². The van der Waals surface area contributed by atoms with Crippen molar-refractivity contribution in [1.82, 2.24) is 10.2 Å². The highest BCUT2D eigenvalue weighted by Crippen LogP contribution is 2.14. The molecule has 0 fully saturated rings. The zero-order valence-corrected chi connectivity index (χ0v) is 13.6. The number of hydrogen-bond donors (Lipinski definition) is 1. The number of rotatable bonds is 9. The zero-order valence-electron chi connectivity index (χ0n) is 12.6. The topological polar surface area (TPSA) is 67.9 Å². The lowest BCUT2D eigenvalue weighted by molar-refractivity contribution is -0.129. The van der Waals surface area contributed by atoms with Gasteiger partial charge in [-0.2, -0.15) is 0 Å². The molecule has 0 saturated carbocycles. The van der Waals surface area contributed by atoms with Crippen molar-refractivity contribution in [3.05, 3.63) is 0 Å². The fraction of sp³-hybridized carbons (Fsp3) is 0.833. The normalized spacial score (nSPS) is 11.2. The molecule has 0 aromatic rings. The summed E-state index contributed by atoms with van der Waals surface area (Å²) >= 11 is 0. The third-order valence-corrected chi connectivity index (χ3v) is 6.11. The van der Waals surface area contributed by atoms with Crippen LogP contribution in [0.4, 0.5) is 0 Å². The Morgan fingerprint density at radius 1 is 1.16 bits per heavy atom. The molecule has 7 heteroatoms. The summed E-state index contributed by atoms with van der Waals surface area (Å²) in [7, 11) is 1.27. The Kier molecular flexibility index (Phi) is 8.62. The van der Waals surface area contributed by atoms with E-state index >= 15 is 0 Å². The van der Waals surface area contributed by atoms with Crippen LogP contribution in [0.3, 0.4) is 0 Å². The molecule has 112 valence electrons. The van der Waals surface area contributed by atoms with Crippen LogP contribution in [0.1, 0.15) is 20.3 Å². The number of amides is 2. The van der Waals surface area contributed by atoms with E-state index in [0.717, 1.165) is 12.5 Å². The summed E-state index contributed by atoms with van der Waals surface area (Å²) in [6, 6.07) is 0.837. The molecule has 0 atom stereocenters. The molecule has 0 aromatic heterocycles. The Bertz CT molecular complexity index is 295. The van der Waals surface area contributed by atoms with Gasteiger partial charge in [-0.15, -0.1) is 0 Å². The SMILES string of the molecule is CO[Si](C)(CCCN(CCNC(C)=O)C(C)=O)OC. The van der Waals surface area contributed by atoms with Crippen LogP contribution in [-0.2, 0) is 18.4 Å². The van der Waals surface area contributed by atoms with Gasteiger partial charge in [0.25, 0.3) is 0 Å². The molecule has 0 aliphatic heterocycles. The minimum absolute atomic E-state index is 0.0172. The van der Waals surface area contributed by atoms with Crippen LogP contribution in [-0.4, -0.2) is 59.1 Å². The summed E-state index contributed by atoms with van der Waals surface area (Å²) in [6.45, 7) is 6.68. The molecule has 0 saturated heterocycles. The van der Waals surface area contributed by atoms with Gasteiger partial charge in [-0.3, -0.25) is 9.59 Å². The summed E-state index contributed by atoms with van der Waals surface area (Å²) in [5.74, 6) is -0.0641. The molecular weight excluding hydrogens is 264 g/mol. The van der Waals surface area contributed by atoms with Crippen molar-refractivity contribution >= 4 is 20.4 Å². The molecule has 0 aliphatic rings. The van der Waals surface area contributed by atoms with Crippen molar-refractivity contribution in [3.8, 4) is 0 Å². The predicted octanol–water partition coefficient (Wildman–Crippen LogP) is 0.726. The summed E-state index contributed by atoms with van der Waals surface area (Å²) < 4.78 is 10.8. The van der Waals surface area contributed by atoms with Gasteiger partial charge >= 0.3 is 8.56 Å². The molecule has 0 spiro atoms. The van der Waals surface area contributed by atoms with E-state index in [0.29, 0.717) is 19.6 Å². The summed E-state index contributed by atoms with van der Waals surface area (Å²) in [4.78, 5) is 24.0. The summed E-state index contributed by atoms with van der Waals surface area (Å²) in [6.07, 6.45) is 0.837. The predicted molar refractivity (Wildman–Crippen MR) is 76.0 cm³/mol. The van der Waals surface area contributed by atoms with Gasteiger partial charge in [-0.1, -0.05) is 0 Å². The minimum Gasteiger partial charge on any atom is -0.398 e. The minimum atomic E-state index is -2.06. The van der Waals surface area contributed by atoms with E-state index < -0.39 is 8.56 Å². The lowest BCUT2D eigenvalue weighted by atomic mass is 10.4. The molecular formula is C12H26N2O4Si. The number of nitrogens with zero attached hydrogens (tertiary/aromatic N) is 1. The molecule has 1 N–H and O–H groups in total. The first-order chi connectivity index (χ1) is 8.84. The second-order valence-electron chi connectivity index (χ2n) is 4.63. The van der Waals surface area contributed by atoms with Gasteiger partial charge in [0.15, 0.2) is 0 Å².